The lowest BCUT2D eigenvalue weighted by Gasteiger charge is -2.29. The van der Waals surface area contributed by atoms with E-state index in [1.165, 1.54) is 6.08 Å². The Labute approximate surface area is 189 Å². The van der Waals surface area contributed by atoms with E-state index >= 15 is 0 Å². The molecule has 1 unspecified atom stereocenters. The highest BCUT2D eigenvalue weighted by Crippen LogP contribution is 2.34. The molecule has 1 aromatic carbocycles. The van der Waals surface area contributed by atoms with Crippen LogP contribution in [0.1, 0.15) is 12.5 Å². The first-order chi connectivity index (χ1) is 15.2. The lowest BCUT2D eigenvalue weighted by Crippen LogP contribution is -2.46. The maximum Gasteiger partial charge on any atom is 0.414 e. The van der Waals surface area contributed by atoms with Crippen molar-refractivity contribution < 1.29 is 13.2 Å². The summed E-state index contributed by atoms with van der Waals surface area (Å²) in [6.07, 6.45) is 7.07. The smallest absolute Gasteiger partial charge is 0.376 e. The van der Waals surface area contributed by atoms with Crippen molar-refractivity contribution in [3.63, 3.8) is 0 Å². The Morgan fingerprint density at radius 2 is 2.06 bits per heavy atom. The van der Waals surface area contributed by atoms with Crippen molar-refractivity contribution in [1.82, 2.24) is 19.5 Å². The topological polar surface area (TPSA) is 44.3 Å². The van der Waals surface area contributed by atoms with Crippen LogP contribution < -0.4 is 16.0 Å². The molecule has 0 aliphatic carbocycles. The fourth-order valence-electron chi connectivity index (χ4n) is 3.77. The summed E-state index contributed by atoms with van der Waals surface area (Å²) in [6.45, 7) is 3.19. The molecule has 0 radical (unpaired) electrons. The highest BCUT2D eigenvalue weighted by molar-refractivity contribution is 8.02. The van der Waals surface area contributed by atoms with Gasteiger partial charge in [-0.3, -0.25) is 3.97 Å². The Bertz CT molecular complexity index is 1130. The van der Waals surface area contributed by atoms with Crippen LogP contribution >= 0.6 is 11.9 Å². The van der Waals surface area contributed by atoms with Crippen LogP contribution in [0.25, 0.3) is 10.9 Å². The predicted molar refractivity (Wildman–Crippen MR) is 126 cm³/mol. The Balaban J connectivity index is 1.69. The summed E-state index contributed by atoms with van der Waals surface area (Å²) < 4.78 is 42.8. The molecule has 2 aromatic rings. The van der Waals surface area contributed by atoms with Crippen molar-refractivity contribution in [3.05, 3.63) is 76.8 Å². The average Bonchev–Trinajstić information content (AvgIpc) is 3.05. The number of hydrogen-bond donors (Lipinski definition) is 3. The second-order valence-electron chi connectivity index (χ2n) is 7.92. The number of alkyl halides is 3. The van der Waals surface area contributed by atoms with Crippen molar-refractivity contribution in [3.8, 4) is 0 Å². The maximum atomic E-state index is 13.6. The molecular weight excluding hydrogens is 435 g/mol. The molecule has 0 saturated carbocycles. The number of aromatic nitrogens is 1. The first-order valence-electron chi connectivity index (χ1n) is 10.3. The first-order valence-corrected chi connectivity index (χ1v) is 11.1. The highest BCUT2D eigenvalue weighted by atomic mass is 32.2. The number of nitrogens with one attached hydrogen (secondary N) is 3. The fraction of sp³-hybridized carbons (Fsp3) is 0.304. The Kier molecular flexibility index (Phi) is 6.30. The lowest BCUT2D eigenvalue weighted by atomic mass is 10.1. The van der Waals surface area contributed by atoms with Gasteiger partial charge in [-0.1, -0.05) is 12.1 Å². The van der Waals surface area contributed by atoms with Gasteiger partial charge < -0.3 is 20.9 Å². The summed E-state index contributed by atoms with van der Waals surface area (Å²) in [5, 5.41) is 9.75. The highest BCUT2D eigenvalue weighted by Gasteiger charge is 2.43. The second kappa shape index (κ2) is 8.99. The van der Waals surface area contributed by atoms with Crippen LogP contribution in [0.4, 0.5) is 18.9 Å². The molecule has 0 amide bonds. The number of halogens is 3. The number of dihydropyridines is 1. The van der Waals surface area contributed by atoms with Crippen molar-refractivity contribution in [2.45, 2.75) is 25.7 Å². The Morgan fingerprint density at radius 3 is 2.78 bits per heavy atom. The van der Waals surface area contributed by atoms with Crippen molar-refractivity contribution in [2.75, 3.05) is 26.0 Å². The normalized spacial score (nSPS) is 18.9. The van der Waals surface area contributed by atoms with Gasteiger partial charge >= 0.3 is 6.18 Å². The van der Waals surface area contributed by atoms with Crippen LogP contribution in [-0.2, 0) is 6.54 Å². The minimum atomic E-state index is -4.40. The number of fused-ring (bicyclic) bond motifs is 1. The molecule has 0 spiro atoms. The second-order valence-corrected chi connectivity index (χ2v) is 8.97. The fourth-order valence-corrected chi connectivity index (χ4v) is 4.81. The van der Waals surface area contributed by atoms with E-state index in [9.17, 15) is 13.2 Å². The van der Waals surface area contributed by atoms with Crippen LogP contribution in [0.5, 0.6) is 0 Å². The van der Waals surface area contributed by atoms with Gasteiger partial charge in [0.2, 0.25) is 0 Å². The number of rotatable bonds is 6. The molecule has 1 aromatic heterocycles. The van der Waals surface area contributed by atoms with Crippen LogP contribution in [-0.4, -0.2) is 41.7 Å². The largest absolute Gasteiger partial charge is 0.414 e. The van der Waals surface area contributed by atoms with E-state index in [0.29, 0.717) is 17.9 Å². The van der Waals surface area contributed by atoms with Gasteiger partial charge in [-0.15, -0.1) is 0 Å². The minimum Gasteiger partial charge on any atom is -0.376 e. The van der Waals surface area contributed by atoms with E-state index < -0.39 is 12.2 Å². The molecule has 9 heteroatoms. The summed E-state index contributed by atoms with van der Waals surface area (Å²) in [6, 6.07) is 3.91. The van der Waals surface area contributed by atoms with Crippen LogP contribution in [0.3, 0.4) is 0 Å². The van der Waals surface area contributed by atoms with E-state index in [1.54, 1.807) is 24.9 Å². The zero-order chi connectivity index (χ0) is 22.9. The summed E-state index contributed by atoms with van der Waals surface area (Å²) in [4.78, 5) is 3.19. The van der Waals surface area contributed by atoms with Crippen LogP contribution in [0.2, 0.25) is 0 Å². The van der Waals surface area contributed by atoms with Gasteiger partial charge in [-0.25, -0.2) is 0 Å². The Morgan fingerprint density at radius 1 is 1.25 bits per heavy atom. The summed E-state index contributed by atoms with van der Waals surface area (Å²) in [7, 11) is 3.91. The molecule has 0 bridgehead atoms. The molecular formula is C23H26F3N5S. The van der Waals surface area contributed by atoms with Gasteiger partial charge in [-0.2, -0.15) is 13.2 Å². The standard InChI is InChI=1S/C23H26F3N5S/c1-15-6-9-20(22(28-15)23(24,25)26)29-17-7-8-19-16(12-27-2)13-31(21(19)11-17)32-18-5-4-10-30(3)14-18/h4-9,11,13-14,22,27-29H,10,12H2,1-3H3. The quantitative estimate of drug-likeness (QED) is 0.569. The lowest BCUT2D eigenvalue weighted by molar-refractivity contribution is -0.145. The van der Waals surface area contributed by atoms with Gasteiger partial charge in [0.1, 0.15) is 0 Å². The molecule has 4 rings (SSSR count). The van der Waals surface area contributed by atoms with Crippen LogP contribution in [0, 0.1) is 0 Å². The van der Waals surface area contributed by atoms with Gasteiger partial charge in [0.15, 0.2) is 6.04 Å². The summed E-state index contributed by atoms with van der Waals surface area (Å²) >= 11 is 1.58. The SMILES string of the molecule is CNCc1cn(SC2=CN(C)CC=C2)c2cc(NC3=CC=C(C)NC3C(F)(F)F)ccc12. The average molecular weight is 462 g/mol. The molecule has 3 heterocycles. The maximum absolute atomic E-state index is 13.6. The zero-order valence-electron chi connectivity index (χ0n) is 18.1. The number of nitrogens with zero attached hydrogens (tertiary/aromatic N) is 2. The van der Waals surface area contributed by atoms with Gasteiger partial charge in [0.25, 0.3) is 0 Å². The van der Waals surface area contributed by atoms with E-state index in [2.05, 4.69) is 49.4 Å². The molecule has 170 valence electrons. The van der Waals surface area contributed by atoms with E-state index in [1.807, 2.05) is 32.3 Å². The van der Waals surface area contributed by atoms with Gasteiger partial charge in [-0.05, 0) is 61.8 Å². The third-order valence-electron chi connectivity index (χ3n) is 5.26. The predicted octanol–water partition coefficient (Wildman–Crippen LogP) is 4.93. The number of anilines is 1. The monoisotopic (exact) mass is 461 g/mol. The molecule has 32 heavy (non-hydrogen) atoms. The van der Waals surface area contributed by atoms with E-state index in [0.717, 1.165) is 27.9 Å². The van der Waals surface area contributed by atoms with E-state index in [4.69, 9.17) is 0 Å². The molecule has 3 N–H and O–H groups in total. The van der Waals surface area contributed by atoms with Crippen molar-refractivity contribution in [2.24, 2.45) is 0 Å². The molecule has 2 aliphatic rings. The number of likely N-dealkylation sites (N-methyl/N-ethyl adjacent to an activating group) is 1. The zero-order valence-corrected chi connectivity index (χ0v) is 18.9. The molecule has 0 saturated heterocycles. The molecule has 2 aliphatic heterocycles. The number of hydrogen-bond acceptors (Lipinski definition) is 5. The molecule has 1 atom stereocenters. The third-order valence-corrected chi connectivity index (χ3v) is 6.21. The summed E-state index contributed by atoms with van der Waals surface area (Å²) in [5.41, 5.74) is 3.22. The first kappa shape index (κ1) is 22.4. The number of benzene rings is 1. The van der Waals surface area contributed by atoms with E-state index in [-0.39, 0.29) is 5.70 Å². The third kappa shape index (κ3) is 4.83. The van der Waals surface area contributed by atoms with Gasteiger partial charge in [0, 0.05) is 59.9 Å². The Hall–Kier alpha value is -2.78. The van der Waals surface area contributed by atoms with Gasteiger partial charge in [0.05, 0.1) is 5.52 Å². The number of allylic oxidation sites excluding steroid dienone is 4. The van der Waals surface area contributed by atoms with Crippen molar-refractivity contribution in [1.29, 1.82) is 0 Å². The summed E-state index contributed by atoms with van der Waals surface area (Å²) in [5.74, 6) is 0. The molecule has 5 nitrogen and oxygen atoms in total. The van der Waals surface area contributed by atoms with Crippen LogP contribution in [0.15, 0.2) is 71.2 Å². The minimum absolute atomic E-state index is 0.0724. The molecule has 0 fully saturated rings. The van der Waals surface area contributed by atoms with Crippen molar-refractivity contribution >= 4 is 28.5 Å².